The van der Waals surface area contributed by atoms with Crippen LogP contribution in [0.25, 0.3) is 20.8 Å². The molecule has 1 amide bonds. The molecule has 3 aliphatic heterocycles. The van der Waals surface area contributed by atoms with Gasteiger partial charge in [-0.3, -0.25) is 9.69 Å². The highest BCUT2D eigenvalue weighted by atomic mass is 32.1. The van der Waals surface area contributed by atoms with Crippen LogP contribution in [-0.2, 0) is 4.79 Å². The van der Waals surface area contributed by atoms with E-state index in [1.54, 1.807) is 11.3 Å². The third-order valence-corrected chi connectivity index (χ3v) is 9.52. The van der Waals surface area contributed by atoms with Crippen molar-refractivity contribution in [2.75, 3.05) is 34.8 Å². The molecule has 206 valence electrons. The lowest BCUT2D eigenvalue weighted by atomic mass is 10.1. The summed E-state index contributed by atoms with van der Waals surface area (Å²) in [7, 11) is 0. The number of anilines is 4. The minimum Gasteiger partial charge on any atom is -0.335 e. The molecule has 6 heterocycles. The lowest BCUT2D eigenvalue weighted by Gasteiger charge is -2.33. The van der Waals surface area contributed by atoms with Crippen molar-refractivity contribution in [3.05, 3.63) is 47.8 Å². The van der Waals surface area contributed by atoms with Gasteiger partial charge in [-0.15, -0.1) is 11.3 Å². The van der Waals surface area contributed by atoms with Crippen molar-refractivity contribution in [2.45, 2.75) is 65.1 Å². The lowest BCUT2D eigenvalue weighted by molar-refractivity contribution is -0.117. The minimum absolute atomic E-state index is 0.191. The monoisotopic (exact) mass is 554 g/mol. The van der Waals surface area contributed by atoms with Crippen molar-refractivity contribution in [2.24, 2.45) is 0 Å². The van der Waals surface area contributed by atoms with E-state index in [0.717, 1.165) is 75.6 Å². The van der Waals surface area contributed by atoms with Crippen molar-refractivity contribution in [3.63, 3.8) is 0 Å². The number of amides is 1. The molecule has 4 aromatic rings. The van der Waals surface area contributed by atoms with E-state index in [9.17, 15) is 4.79 Å². The zero-order chi connectivity index (χ0) is 27.5. The quantitative estimate of drug-likeness (QED) is 0.343. The number of nitrogens with zero attached hydrogens (tertiary/aromatic N) is 7. The summed E-state index contributed by atoms with van der Waals surface area (Å²) < 4.78 is 1.02. The number of likely N-dealkylation sites (N-methyl/N-ethyl adjacent to an activating group) is 1. The number of pyridine rings is 1. The van der Waals surface area contributed by atoms with E-state index in [1.165, 1.54) is 6.42 Å². The first-order valence-electron chi connectivity index (χ1n) is 14.2. The van der Waals surface area contributed by atoms with Crippen molar-refractivity contribution in [1.82, 2.24) is 24.8 Å². The summed E-state index contributed by atoms with van der Waals surface area (Å²) in [6, 6.07) is 11.6. The lowest BCUT2D eigenvalue weighted by Crippen LogP contribution is -2.46. The van der Waals surface area contributed by atoms with E-state index in [-0.39, 0.29) is 11.9 Å². The smallest absolute Gasteiger partial charge is 0.227 e. The van der Waals surface area contributed by atoms with E-state index in [1.807, 2.05) is 30.2 Å². The first-order valence-corrected chi connectivity index (χ1v) is 15.0. The molecule has 1 aromatic carbocycles. The van der Waals surface area contributed by atoms with Crippen LogP contribution < -0.4 is 15.1 Å². The Morgan fingerprint density at radius 2 is 1.90 bits per heavy atom. The molecule has 10 heteroatoms. The third-order valence-electron chi connectivity index (χ3n) is 8.46. The largest absolute Gasteiger partial charge is 0.335 e. The van der Waals surface area contributed by atoms with Crippen molar-refractivity contribution >= 4 is 50.7 Å². The molecule has 7 rings (SSSR count). The highest BCUT2D eigenvalue weighted by Crippen LogP contribution is 2.36. The average molecular weight is 555 g/mol. The number of thiazole rings is 1. The maximum absolute atomic E-state index is 12.5. The highest BCUT2D eigenvalue weighted by molar-refractivity contribution is 7.21. The fraction of sp³-hybridized carbons (Fsp3) is 0.433. The molecule has 3 saturated heterocycles. The van der Waals surface area contributed by atoms with E-state index < -0.39 is 0 Å². The molecular formula is C30H34N8OS. The molecule has 0 aliphatic carbocycles. The fourth-order valence-electron chi connectivity index (χ4n) is 6.54. The number of aryl methyl sites for hydroxylation is 2. The number of hydrogen-bond donors (Lipinski definition) is 1. The van der Waals surface area contributed by atoms with Gasteiger partial charge in [0.05, 0.1) is 10.2 Å². The first kappa shape index (κ1) is 25.3. The molecule has 3 aromatic heterocycles. The van der Waals surface area contributed by atoms with Gasteiger partial charge >= 0.3 is 0 Å². The predicted octanol–water partition coefficient (Wildman–Crippen LogP) is 5.31. The molecule has 0 saturated carbocycles. The van der Waals surface area contributed by atoms with E-state index in [0.29, 0.717) is 24.3 Å². The Morgan fingerprint density at radius 1 is 1.02 bits per heavy atom. The van der Waals surface area contributed by atoms with Gasteiger partial charge in [-0.2, -0.15) is 4.98 Å². The van der Waals surface area contributed by atoms with Crippen LogP contribution in [0.15, 0.2) is 36.5 Å². The number of carbonyl (C=O) groups is 1. The fourth-order valence-corrected chi connectivity index (χ4v) is 7.44. The Balaban J connectivity index is 1.14. The number of carbonyl (C=O) groups excluding carboxylic acids is 1. The summed E-state index contributed by atoms with van der Waals surface area (Å²) in [5.74, 6) is 2.43. The molecular weight excluding hydrogens is 520 g/mol. The van der Waals surface area contributed by atoms with Crippen LogP contribution in [0.2, 0.25) is 0 Å². The summed E-state index contributed by atoms with van der Waals surface area (Å²) in [6.45, 7) is 11.6. The molecule has 9 nitrogen and oxygen atoms in total. The Bertz CT molecular complexity index is 1620. The molecule has 0 spiro atoms. The molecule has 40 heavy (non-hydrogen) atoms. The average Bonchev–Trinajstić information content (AvgIpc) is 3.70. The van der Waals surface area contributed by atoms with Crippen molar-refractivity contribution in [3.8, 4) is 10.6 Å². The van der Waals surface area contributed by atoms with Crippen LogP contribution in [0.4, 0.5) is 23.3 Å². The zero-order valence-electron chi connectivity index (χ0n) is 23.4. The van der Waals surface area contributed by atoms with Crippen LogP contribution in [0.1, 0.15) is 44.4 Å². The first-order chi connectivity index (χ1) is 19.3. The Hall–Kier alpha value is -3.63. The van der Waals surface area contributed by atoms with Gasteiger partial charge in [0.1, 0.15) is 16.6 Å². The number of aromatic nitrogens is 4. The van der Waals surface area contributed by atoms with Crippen LogP contribution in [-0.4, -0.2) is 68.5 Å². The Labute approximate surface area is 238 Å². The Kier molecular flexibility index (Phi) is 6.20. The number of rotatable bonds is 6. The topological polar surface area (TPSA) is 90.4 Å². The summed E-state index contributed by atoms with van der Waals surface area (Å²) in [5, 5.41) is 4.32. The normalized spacial score (nSPS) is 22.7. The van der Waals surface area contributed by atoms with Gasteiger partial charge in [0.25, 0.3) is 0 Å². The summed E-state index contributed by atoms with van der Waals surface area (Å²) in [4.78, 5) is 38.7. The van der Waals surface area contributed by atoms with Crippen molar-refractivity contribution < 1.29 is 4.79 Å². The van der Waals surface area contributed by atoms with Crippen molar-refractivity contribution in [1.29, 1.82) is 0 Å². The second-order valence-corrected chi connectivity index (χ2v) is 12.4. The van der Waals surface area contributed by atoms with E-state index in [4.69, 9.17) is 15.0 Å². The maximum atomic E-state index is 12.5. The van der Waals surface area contributed by atoms with Gasteiger partial charge in [-0.1, -0.05) is 6.92 Å². The molecule has 2 bridgehead atoms. The highest BCUT2D eigenvalue weighted by Gasteiger charge is 2.43. The van der Waals surface area contributed by atoms with Crippen LogP contribution in [0, 0.1) is 13.8 Å². The van der Waals surface area contributed by atoms with Gasteiger partial charge in [0.2, 0.25) is 11.9 Å². The number of likely N-dealkylation sites (tertiary alicyclic amines) is 1. The second-order valence-electron chi connectivity index (χ2n) is 11.4. The number of piperazine rings is 1. The van der Waals surface area contributed by atoms with Gasteiger partial charge in [-0.25, -0.2) is 15.0 Å². The van der Waals surface area contributed by atoms with Crippen LogP contribution >= 0.6 is 11.3 Å². The molecule has 0 radical (unpaired) electrons. The number of nitrogens with one attached hydrogen (secondary N) is 1. The number of benzene rings is 1. The number of fused-ring (bicyclic) bond motifs is 3. The van der Waals surface area contributed by atoms with Crippen LogP contribution in [0.5, 0.6) is 0 Å². The van der Waals surface area contributed by atoms with Gasteiger partial charge in [0.15, 0.2) is 0 Å². The van der Waals surface area contributed by atoms with Gasteiger partial charge in [0, 0.05) is 72.9 Å². The minimum atomic E-state index is 0.191. The summed E-state index contributed by atoms with van der Waals surface area (Å²) >= 11 is 1.62. The van der Waals surface area contributed by atoms with E-state index >= 15 is 0 Å². The summed E-state index contributed by atoms with van der Waals surface area (Å²) in [6.07, 6.45) is 4.56. The standard InChI is InChI=1S/C30H34N8OS/c1-5-36-15-23-12-22(36)16-37(23)30-32-18(3)10-27(35-30)34-26-13-24-25(14-31-26)40-29(33-24)20-8-17(2)9-21(11-20)38-19(4)6-7-28(38)39/h8-11,13-14,19,22-23H,5-7,12,15-16H2,1-4H3,(H,31,32,34,35)/t19-,22+,23+/m1/s1. The summed E-state index contributed by atoms with van der Waals surface area (Å²) in [5.41, 5.74) is 4.90. The maximum Gasteiger partial charge on any atom is 0.227 e. The van der Waals surface area contributed by atoms with Gasteiger partial charge in [-0.05, 0) is 63.9 Å². The zero-order valence-corrected chi connectivity index (χ0v) is 24.2. The molecule has 3 atom stereocenters. The number of hydrogen-bond acceptors (Lipinski definition) is 9. The molecule has 3 fully saturated rings. The Morgan fingerprint density at radius 3 is 2.65 bits per heavy atom. The predicted molar refractivity (Wildman–Crippen MR) is 161 cm³/mol. The molecule has 3 aliphatic rings. The third kappa shape index (κ3) is 4.49. The molecule has 1 N–H and O–H groups in total. The second kappa shape index (κ2) is 9.78. The van der Waals surface area contributed by atoms with Gasteiger partial charge < -0.3 is 15.1 Å². The van der Waals surface area contributed by atoms with Crippen LogP contribution in [0.3, 0.4) is 0 Å². The van der Waals surface area contributed by atoms with E-state index in [2.05, 4.69) is 59.1 Å². The molecule has 0 unspecified atom stereocenters. The SMILES string of the molecule is CCN1C[C@@H]2C[C@H]1CN2c1nc(C)cc(Nc2cc3nc(-c4cc(C)cc(N5C(=O)CC[C@H]5C)c4)sc3cn2)n1.